The number of benzene rings is 9. The minimum atomic E-state index is 0.701. The van der Waals surface area contributed by atoms with Gasteiger partial charge in [-0.25, -0.2) is 9.97 Å². The minimum absolute atomic E-state index is 0.701. The number of hydrogen-bond acceptors (Lipinski definition) is 3. The first kappa shape index (κ1) is 31.6. The van der Waals surface area contributed by atoms with Crippen LogP contribution >= 0.6 is 11.3 Å². The summed E-state index contributed by atoms with van der Waals surface area (Å²) in [5.74, 6) is 0.701. The lowest BCUT2D eigenvalue weighted by molar-refractivity contribution is 1.19. The van der Waals surface area contributed by atoms with Gasteiger partial charge in [0.15, 0.2) is 5.82 Å². The second-order valence-electron chi connectivity index (χ2n) is 14.1. The van der Waals surface area contributed by atoms with Gasteiger partial charge in [-0.05, 0) is 78.8 Å². The number of thiophene rings is 1. The van der Waals surface area contributed by atoms with Crippen LogP contribution < -0.4 is 0 Å². The summed E-state index contributed by atoms with van der Waals surface area (Å²) in [6.45, 7) is 0. The number of aromatic nitrogens is 2. The fourth-order valence-electron chi connectivity index (χ4n) is 8.23. The molecular formula is C52H32N2S. The van der Waals surface area contributed by atoms with Gasteiger partial charge in [0, 0.05) is 36.9 Å². The van der Waals surface area contributed by atoms with Gasteiger partial charge in [0.2, 0.25) is 0 Å². The van der Waals surface area contributed by atoms with E-state index < -0.39 is 0 Å². The summed E-state index contributed by atoms with van der Waals surface area (Å²) in [5, 5.41) is 9.85. The van der Waals surface area contributed by atoms with E-state index in [0.29, 0.717) is 5.82 Å². The maximum Gasteiger partial charge on any atom is 0.160 e. The van der Waals surface area contributed by atoms with Crippen molar-refractivity contribution in [2.45, 2.75) is 0 Å². The quantitative estimate of drug-likeness (QED) is 0.131. The van der Waals surface area contributed by atoms with Gasteiger partial charge in [-0.3, -0.25) is 0 Å². The van der Waals surface area contributed by atoms with E-state index in [0.717, 1.165) is 33.6 Å². The molecule has 0 aliphatic heterocycles. The van der Waals surface area contributed by atoms with Crippen molar-refractivity contribution in [1.29, 1.82) is 0 Å². The summed E-state index contributed by atoms with van der Waals surface area (Å²) in [4.78, 5) is 10.7. The maximum atomic E-state index is 5.39. The van der Waals surface area contributed by atoms with Crippen LogP contribution in [0, 0.1) is 0 Å². The molecule has 0 radical (unpaired) electrons. The number of rotatable bonds is 5. The first-order valence-corrected chi connectivity index (χ1v) is 19.5. The van der Waals surface area contributed by atoms with Crippen molar-refractivity contribution in [1.82, 2.24) is 9.97 Å². The molecule has 55 heavy (non-hydrogen) atoms. The van der Waals surface area contributed by atoms with E-state index in [9.17, 15) is 0 Å². The minimum Gasteiger partial charge on any atom is -0.228 e. The number of nitrogens with zero attached hydrogens (tertiary/aromatic N) is 2. The Morgan fingerprint density at radius 3 is 1.78 bits per heavy atom. The second kappa shape index (κ2) is 12.9. The number of hydrogen-bond donors (Lipinski definition) is 0. The van der Waals surface area contributed by atoms with Crippen molar-refractivity contribution < 1.29 is 0 Å². The van der Waals surface area contributed by atoms with Crippen LogP contribution in [0.2, 0.25) is 0 Å². The molecule has 0 N–H and O–H groups in total. The Morgan fingerprint density at radius 1 is 0.327 bits per heavy atom. The molecule has 2 nitrogen and oxygen atoms in total. The second-order valence-corrected chi connectivity index (χ2v) is 15.2. The van der Waals surface area contributed by atoms with E-state index in [1.807, 2.05) is 11.3 Å². The van der Waals surface area contributed by atoms with E-state index in [1.165, 1.54) is 69.2 Å². The Labute approximate surface area is 322 Å². The fourth-order valence-corrected chi connectivity index (χ4v) is 9.36. The molecule has 0 unspecified atom stereocenters. The smallest absolute Gasteiger partial charge is 0.160 e. The largest absolute Gasteiger partial charge is 0.228 e. The normalized spacial score (nSPS) is 11.6. The zero-order valence-electron chi connectivity index (χ0n) is 29.8. The van der Waals surface area contributed by atoms with Gasteiger partial charge in [0.25, 0.3) is 0 Å². The molecule has 256 valence electrons. The third-order valence-electron chi connectivity index (χ3n) is 10.9. The van der Waals surface area contributed by atoms with Gasteiger partial charge in [0.05, 0.1) is 11.4 Å². The van der Waals surface area contributed by atoms with Crippen molar-refractivity contribution in [2.75, 3.05) is 0 Å². The summed E-state index contributed by atoms with van der Waals surface area (Å²) in [6.07, 6.45) is 0. The first-order chi connectivity index (χ1) is 27.2. The van der Waals surface area contributed by atoms with Crippen molar-refractivity contribution in [3.63, 3.8) is 0 Å². The van der Waals surface area contributed by atoms with Crippen LogP contribution in [0.15, 0.2) is 194 Å². The molecule has 0 saturated carbocycles. The topological polar surface area (TPSA) is 25.8 Å². The lowest BCUT2D eigenvalue weighted by Crippen LogP contribution is -1.97. The molecule has 11 rings (SSSR count). The van der Waals surface area contributed by atoms with Crippen molar-refractivity contribution >= 4 is 63.8 Å². The monoisotopic (exact) mass is 716 g/mol. The van der Waals surface area contributed by atoms with Gasteiger partial charge >= 0.3 is 0 Å². The molecule has 0 atom stereocenters. The molecule has 0 saturated heterocycles. The Kier molecular flexibility index (Phi) is 7.39. The molecule has 11 aromatic rings. The Morgan fingerprint density at radius 2 is 0.945 bits per heavy atom. The van der Waals surface area contributed by atoms with E-state index in [1.54, 1.807) is 0 Å². The third-order valence-corrected chi connectivity index (χ3v) is 12.0. The molecule has 9 aromatic carbocycles. The van der Waals surface area contributed by atoms with Gasteiger partial charge in [-0.1, -0.05) is 170 Å². The summed E-state index contributed by atoms with van der Waals surface area (Å²) >= 11 is 1.85. The molecular weight excluding hydrogens is 685 g/mol. The van der Waals surface area contributed by atoms with Crippen LogP contribution in [0.1, 0.15) is 0 Å². The van der Waals surface area contributed by atoms with Crippen LogP contribution in [-0.2, 0) is 0 Å². The van der Waals surface area contributed by atoms with Crippen LogP contribution in [0.4, 0.5) is 0 Å². The van der Waals surface area contributed by atoms with Crippen LogP contribution in [-0.4, -0.2) is 9.97 Å². The van der Waals surface area contributed by atoms with E-state index >= 15 is 0 Å². The van der Waals surface area contributed by atoms with E-state index in [2.05, 4.69) is 194 Å². The molecule has 2 aromatic heterocycles. The average Bonchev–Trinajstić information content (AvgIpc) is 3.65. The molecule has 0 fully saturated rings. The van der Waals surface area contributed by atoms with Crippen molar-refractivity contribution in [2.24, 2.45) is 0 Å². The lowest BCUT2D eigenvalue weighted by Gasteiger charge is -2.15. The van der Waals surface area contributed by atoms with Gasteiger partial charge < -0.3 is 0 Å². The van der Waals surface area contributed by atoms with Crippen LogP contribution in [0.3, 0.4) is 0 Å². The standard InChI is InChI=1S/C52H32N2S/c1-2-11-33(12-3-1)34-21-27-38(28-22-34)52-53-46(37-25-23-36(24-26-37)41-18-10-20-49-51(41)44-17-8-9-19-48(44)55-49)32-47(54-52)50-42-16-7-5-14-39(42)31-45-40-15-6-4-13-35(40)29-30-43(45)50/h1-32H. The molecule has 0 aliphatic carbocycles. The SMILES string of the molecule is c1ccc(-c2ccc(-c3nc(-c4ccc(-c5cccc6sc7ccccc7c56)cc4)cc(-c4c5ccccc5cc5c4ccc4ccccc45)n3)cc2)cc1. The van der Waals surface area contributed by atoms with Gasteiger partial charge in [0.1, 0.15) is 0 Å². The molecule has 2 heterocycles. The predicted molar refractivity (Wildman–Crippen MR) is 235 cm³/mol. The Balaban J connectivity index is 1.11. The highest BCUT2D eigenvalue weighted by atomic mass is 32.1. The fraction of sp³-hybridized carbons (Fsp3) is 0. The molecule has 3 heteroatoms. The highest BCUT2D eigenvalue weighted by Crippen LogP contribution is 2.42. The molecule has 0 amide bonds. The van der Waals surface area contributed by atoms with E-state index in [4.69, 9.17) is 9.97 Å². The third kappa shape index (κ3) is 5.40. The van der Waals surface area contributed by atoms with Crippen LogP contribution in [0.5, 0.6) is 0 Å². The van der Waals surface area contributed by atoms with Crippen LogP contribution in [0.25, 0.3) is 109 Å². The van der Waals surface area contributed by atoms with Gasteiger partial charge in [-0.15, -0.1) is 11.3 Å². The molecule has 0 bridgehead atoms. The molecule has 0 aliphatic rings. The Hall–Kier alpha value is -6.94. The van der Waals surface area contributed by atoms with Gasteiger partial charge in [-0.2, -0.15) is 0 Å². The summed E-state index contributed by atoms with van der Waals surface area (Å²) in [5.41, 5.74) is 9.73. The average molecular weight is 717 g/mol. The zero-order valence-corrected chi connectivity index (χ0v) is 30.6. The lowest BCUT2D eigenvalue weighted by atomic mass is 9.91. The Bertz CT molecular complexity index is 3230. The first-order valence-electron chi connectivity index (χ1n) is 18.6. The summed E-state index contributed by atoms with van der Waals surface area (Å²) in [6, 6.07) is 69.7. The van der Waals surface area contributed by atoms with E-state index in [-0.39, 0.29) is 0 Å². The highest BCUT2D eigenvalue weighted by molar-refractivity contribution is 7.25. The number of fused-ring (bicyclic) bond motifs is 7. The highest BCUT2D eigenvalue weighted by Gasteiger charge is 2.18. The molecule has 0 spiro atoms. The predicted octanol–water partition coefficient (Wildman–Crippen LogP) is 14.6. The zero-order chi connectivity index (χ0) is 36.3. The summed E-state index contributed by atoms with van der Waals surface area (Å²) < 4.78 is 2.62. The maximum absolute atomic E-state index is 5.39. The summed E-state index contributed by atoms with van der Waals surface area (Å²) in [7, 11) is 0. The van der Waals surface area contributed by atoms with Crippen molar-refractivity contribution in [3.8, 4) is 56.2 Å². The van der Waals surface area contributed by atoms with Crippen molar-refractivity contribution in [3.05, 3.63) is 194 Å².